The fourth-order valence-corrected chi connectivity index (χ4v) is 5.09. The number of anilines is 2. The number of nitrogen functional groups attached to an aromatic ring is 1. The summed E-state index contributed by atoms with van der Waals surface area (Å²) in [5.74, 6) is 1.62. The third-order valence-corrected chi connectivity index (χ3v) is 6.96. The number of rotatable bonds is 8. The van der Waals surface area contributed by atoms with Crippen LogP contribution in [0.3, 0.4) is 0 Å². The van der Waals surface area contributed by atoms with Crippen molar-refractivity contribution >= 4 is 28.7 Å². The van der Waals surface area contributed by atoms with Crippen LogP contribution in [0.5, 0.6) is 5.75 Å². The maximum absolute atomic E-state index is 13.2. The van der Waals surface area contributed by atoms with Gasteiger partial charge in [-0.05, 0) is 32.0 Å². The lowest BCUT2D eigenvalue weighted by Crippen LogP contribution is -2.47. The second-order valence-corrected chi connectivity index (χ2v) is 9.21. The largest absolute Gasteiger partial charge is 0.496 e. The van der Waals surface area contributed by atoms with Crippen LogP contribution in [0.2, 0.25) is 0 Å². The number of likely N-dealkylation sites (tertiary alicyclic amines) is 2. The Morgan fingerprint density at radius 2 is 2.12 bits per heavy atom. The van der Waals surface area contributed by atoms with Gasteiger partial charge in [0.1, 0.15) is 16.8 Å². The molecule has 2 bridgehead atoms. The molecule has 1 aromatic carbocycles. The number of piperazine rings is 1. The number of likely N-dealkylation sites (N-methyl/N-ethyl adjacent to an activating group) is 1. The quantitative estimate of drug-likeness (QED) is 0.488. The first-order valence-corrected chi connectivity index (χ1v) is 11.9. The zero-order chi connectivity index (χ0) is 23.8. The van der Waals surface area contributed by atoms with Gasteiger partial charge in [0, 0.05) is 42.8 Å². The number of nitrogens with zero attached hydrogens (tertiary/aromatic N) is 6. The molecule has 2 fully saturated rings. The summed E-state index contributed by atoms with van der Waals surface area (Å²) in [4.78, 5) is 26.3. The van der Waals surface area contributed by atoms with Crippen LogP contribution in [-0.4, -0.2) is 81.3 Å². The molecule has 10 heteroatoms. The van der Waals surface area contributed by atoms with Crippen LogP contribution >= 0.6 is 0 Å². The zero-order valence-corrected chi connectivity index (χ0v) is 20.0. The van der Waals surface area contributed by atoms with Crippen LogP contribution in [0.4, 0.5) is 11.8 Å². The highest BCUT2D eigenvalue weighted by Gasteiger charge is 2.43. The summed E-state index contributed by atoms with van der Waals surface area (Å²) in [6.45, 7) is 5.13. The van der Waals surface area contributed by atoms with Gasteiger partial charge in [-0.2, -0.15) is 10.1 Å². The fourth-order valence-electron chi connectivity index (χ4n) is 5.09. The van der Waals surface area contributed by atoms with Crippen LogP contribution < -0.4 is 15.8 Å². The van der Waals surface area contributed by atoms with Gasteiger partial charge < -0.3 is 20.7 Å². The SMILES string of the molecule is CCCCNc1nc(N)nc2cnn(Cc3ccc(C(=O)N4CC5C[C@@H]4CN5C)cc3OC)c12. The van der Waals surface area contributed by atoms with Crippen LogP contribution in [-0.2, 0) is 6.54 Å². The average molecular weight is 465 g/mol. The summed E-state index contributed by atoms with van der Waals surface area (Å²) in [5, 5.41) is 7.90. The van der Waals surface area contributed by atoms with Crippen molar-refractivity contribution in [2.45, 2.75) is 44.8 Å². The molecule has 0 aliphatic carbocycles. The van der Waals surface area contributed by atoms with Gasteiger partial charge in [0.15, 0.2) is 5.82 Å². The molecule has 2 atom stereocenters. The van der Waals surface area contributed by atoms with E-state index in [1.807, 2.05) is 27.8 Å². The van der Waals surface area contributed by atoms with E-state index in [1.54, 1.807) is 13.3 Å². The number of nitrogens with one attached hydrogen (secondary N) is 1. The van der Waals surface area contributed by atoms with Gasteiger partial charge in [0.2, 0.25) is 5.95 Å². The molecule has 2 aliphatic rings. The standard InChI is InChI=1S/C24H32N8O2/c1-4-5-8-26-22-21-19(28-24(25)29-22)11-27-32(21)12-16-7-6-15(9-20(16)34-3)23(33)31-14-17-10-18(31)13-30(17)2/h6-7,9,11,17-18H,4-5,8,10,12-14H2,1-3H3,(H3,25,26,28,29)/t17?,18-/m1/s1. The van der Waals surface area contributed by atoms with Gasteiger partial charge >= 0.3 is 0 Å². The van der Waals surface area contributed by atoms with Gasteiger partial charge in [0.25, 0.3) is 5.91 Å². The highest BCUT2D eigenvalue weighted by atomic mass is 16.5. The summed E-state index contributed by atoms with van der Waals surface area (Å²) < 4.78 is 7.53. The number of ether oxygens (including phenoxy) is 1. The van der Waals surface area contributed by atoms with Gasteiger partial charge in [-0.3, -0.25) is 14.4 Å². The minimum absolute atomic E-state index is 0.0706. The molecule has 4 heterocycles. The number of fused-ring (bicyclic) bond motifs is 3. The van der Waals surface area contributed by atoms with E-state index in [-0.39, 0.29) is 11.9 Å². The summed E-state index contributed by atoms with van der Waals surface area (Å²) in [6.07, 6.45) is 4.86. The highest BCUT2D eigenvalue weighted by Crippen LogP contribution is 2.32. The lowest BCUT2D eigenvalue weighted by molar-refractivity contribution is 0.0650. The van der Waals surface area contributed by atoms with Crippen molar-refractivity contribution in [3.63, 3.8) is 0 Å². The summed E-state index contributed by atoms with van der Waals surface area (Å²) >= 11 is 0. The number of aromatic nitrogens is 4. The number of unbranched alkanes of at least 4 members (excludes halogenated alkanes) is 1. The predicted octanol–water partition coefficient (Wildman–Crippen LogP) is 2.21. The molecular weight excluding hydrogens is 432 g/mol. The van der Waals surface area contributed by atoms with Crippen LogP contribution in [0.15, 0.2) is 24.4 Å². The van der Waals surface area contributed by atoms with Crippen molar-refractivity contribution in [3.8, 4) is 5.75 Å². The number of carbonyl (C=O) groups is 1. The monoisotopic (exact) mass is 464 g/mol. The van der Waals surface area contributed by atoms with E-state index in [0.717, 1.165) is 50.0 Å². The number of hydrogen-bond acceptors (Lipinski definition) is 8. The smallest absolute Gasteiger partial charge is 0.254 e. The summed E-state index contributed by atoms with van der Waals surface area (Å²) in [7, 11) is 3.76. The molecule has 3 N–H and O–H groups in total. The number of benzene rings is 1. The number of hydrogen-bond donors (Lipinski definition) is 2. The van der Waals surface area contributed by atoms with Crippen molar-refractivity contribution in [3.05, 3.63) is 35.5 Å². The lowest BCUT2D eigenvalue weighted by atomic mass is 10.1. The molecule has 34 heavy (non-hydrogen) atoms. The Kier molecular flexibility index (Phi) is 5.99. The second-order valence-electron chi connectivity index (χ2n) is 9.21. The van der Waals surface area contributed by atoms with E-state index in [2.05, 4.69) is 39.3 Å². The van der Waals surface area contributed by atoms with E-state index in [1.165, 1.54) is 0 Å². The van der Waals surface area contributed by atoms with E-state index < -0.39 is 0 Å². The number of methoxy groups -OCH3 is 1. The van der Waals surface area contributed by atoms with Crippen LogP contribution in [0.25, 0.3) is 11.0 Å². The van der Waals surface area contributed by atoms with E-state index in [4.69, 9.17) is 10.5 Å². The van der Waals surface area contributed by atoms with Gasteiger partial charge in [0.05, 0.1) is 19.9 Å². The molecule has 10 nitrogen and oxygen atoms in total. The third-order valence-electron chi connectivity index (χ3n) is 6.96. The fraction of sp³-hybridized carbons (Fsp3) is 0.500. The van der Waals surface area contributed by atoms with Crippen molar-refractivity contribution < 1.29 is 9.53 Å². The predicted molar refractivity (Wildman–Crippen MR) is 131 cm³/mol. The molecule has 1 unspecified atom stereocenters. The minimum Gasteiger partial charge on any atom is -0.496 e. The van der Waals surface area contributed by atoms with Crippen LogP contribution in [0.1, 0.15) is 42.1 Å². The maximum Gasteiger partial charge on any atom is 0.254 e. The number of amides is 1. The normalized spacial score (nSPS) is 19.8. The number of nitrogens with two attached hydrogens (primary N) is 1. The molecule has 180 valence electrons. The Balaban J connectivity index is 1.40. The topological polar surface area (TPSA) is 114 Å². The molecule has 2 aliphatic heterocycles. The summed E-state index contributed by atoms with van der Waals surface area (Å²) in [5.41, 5.74) is 8.96. The molecule has 3 aromatic rings. The first-order chi connectivity index (χ1) is 16.5. The molecule has 5 rings (SSSR count). The van der Waals surface area contributed by atoms with Gasteiger partial charge in [-0.1, -0.05) is 19.4 Å². The Hall–Kier alpha value is -3.40. The maximum atomic E-state index is 13.2. The van der Waals surface area contributed by atoms with Crippen molar-refractivity contribution in [2.24, 2.45) is 0 Å². The molecule has 2 saturated heterocycles. The third kappa shape index (κ3) is 4.02. The Bertz CT molecular complexity index is 1210. The first kappa shape index (κ1) is 22.4. The van der Waals surface area contributed by atoms with Crippen molar-refractivity contribution in [2.75, 3.05) is 44.8 Å². The van der Waals surface area contributed by atoms with Crippen LogP contribution in [0, 0.1) is 0 Å². The van der Waals surface area contributed by atoms with E-state index in [0.29, 0.717) is 41.3 Å². The van der Waals surface area contributed by atoms with Crippen molar-refractivity contribution in [1.29, 1.82) is 0 Å². The average Bonchev–Trinajstić information content (AvgIpc) is 3.53. The van der Waals surface area contributed by atoms with Gasteiger partial charge in [-0.15, -0.1) is 0 Å². The highest BCUT2D eigenvalue weighted by molar-refractivity contribution is 5.95. The van der Waals surface area contributed by atoms with E-state index in [9.17, 15) is 4.79 Å². The molecule has 0 radical (unpaired) electrons. The number of carbonyl (C=O) groups excluding carboxylic acids is 1. The molecule has 2 aromatic heterocycles. The summed E-state index contributed by atoms with van der Waals surface area (Å²) in [6, 6.07) is 6.45. The zero-order valence-electron chi connectivity index (χ0n) is 20.0. The Morgan fingerprint density at radius 1 is 1.26 bits per heavy atom. The van der Waals surface area contributed by atoms with Gasteiger partial charge in [-0.25, -0.2) is 4.98 Å². The molecule has 0 spiro atoms. The lowest BCUT2D eigenvalue weighted by Gasteiger charge is -2.32. The minimum atomic E-state index is 0.0706. The second kappa shape index (κ2) is 9.09. The Labute approximate surface area is 199 Å². The molecule has 1 amide bonds. The van der Waals surface area contributed by atoms with Crippen molar-refractivity contribution in [1.82, 2.24) is 29.5 Å². The molecule has 0 saturated carbocycles. The van der Waals surface area contributed by atoms with E-state index >= 15 is 0 Å². The Morgan fingerprint density at radius 3 is 2.82 bits per heavy atom. The molecular formula is C24H32N8O2. The first-order valence-electron chi connectivity index (χ1n) is 11.9.